The van der Waals surface area contributed by atoms with E-state index in [0.29, 0.717) is 5.56 Å². The first-order valence-electron chi connectivity index (χ1n) is 6.54. The van der Waals surface area contributed by atoms with Gasteiger partial charge in [-0.25, -0.2) is 0 Å². The number of hydrogen-bond donors (Lipinski definition) is 0. The van der Waals surface area contributed by atoms with Gasteiger partial charge in [-0.05, 0) is 19.9 Å². The molecule has 0 amide bonds. The van der Waals surface area contributed by atoms with Crippen LogP contribution in [0.15, 0.2) is 48.5 Å². The summed E-state index contributed by atoms with van der Waals surface area (Å²) in [4.78, 5) is 23.1. The lowest BCUT2D eigenvalue weighted by Crippen LogP contribution is -2.12. The SMILES string of the molecule is CC(C)Oc1c(C(=O)c2ccccc2)cccc1[N+](=O)[O-]. The van der Waals surface area contributed by atoms with Crippen molar-refractivity contribution in [3.05, 3.63) is 69.8 Å². The molecule has 0 saturated heterocycles. The molecule has 0 fully saturated rings. The Bertz CT molecular complexity index is 665. The number of hydrogen-bond acceptors (Lipinski definition) is 4. The van der Waals surface area contributed by atoms with Gasteiger partial charge in [0, 0.05) is 11.6 Å². The first-order valence-corrected chi connectivity index (χ1v) is 6.54. The van der Waals surface area contributed by atoms with Gasteiger partial charge in [-0.2, -0.15) is 0 Å². The van der Waals surface area contributed by atoms with Crippen LogP contribution in [0, 0.1) is 10.1 Å². The second-order valence-corrected chi connectivity index (χ2v) is 4.77. The summed E-state index contributed by atoms with van der Waals surface area (Å²) in [7, 11) is 0. The molecule has 0 heterocycles. The molecule has 21 heavy (non-hydrogen) atoms. The van der Waals surface area contributed by atoms with Gasteiger partial charge in [0.15, 0.2) is 5.78 Å². The van der Waals surface area contributed by atoms with E-state index in [1.807, 2.05) is 0 Å². The number of nitrogens with zero attached hydrogens (tertiary/aromatic N) is 1. The summed E-state index contributed by atoms with van der Waals surface area (Å²) >= 11 is 0. The third-order valence-electron chi connectivity index (χ3n) is 2.83. The minimum atomic E-state index is -0.542. The largest absolute Gasteiger partial charge is 0.484 e. The summed E-state index contributed by atoms with van der Waals surface area (Å²) in [5.41, 5.74) is 0.459. The fourth-order valence-electron chi connectivity index (χ4n) is 1.95. The number of ketones is 1. The van der Waals surface area contributed by atoms with Crippen LogP contribution in [0.4, 0.5) is 5.69 Å². The monoisotopic (exact) mass is 285 g/mol. The van der Waals surface area contributed by atoms with Crippen LogP contribution < -0.4 is 4.74 Å². The molecule has 0 aliphatic rings. The first-order chi connectivity index (χ1) is 10.0. The van der Waals surface area contributed by atoms with Gasteiger partial charge in [0.25, 0.3) is 0 Å². The summed E-state index contributed by atoms with van der Waals surface area (Å²) in [6.45, 7) is 3.51. The van der Waals surface area contributed by atoms with Crippen LogP contribution >= 0.6 is 0 Å². The molecule has 0 bridgehead atoms. The van der Waals surface area contributed by atoms with Crippen LogP contribution in [0.2, 0.25) is 0 Å². The quantitative estimate of drug-likeness (QED) is 0.478. The number of rotatable bonds is 5. The minimum Gasteiger partial charge on any atom is -0.484 e. The minimum absolute atomic E-state index is 0.0198. The van der Waals surface area contributed by atoms with Crippen molar-refractivity contribution in [3.63, 3.8) is 0 Å². The van der Waals surface area contributed by atoms with Gasteiger partial charge in [0.05, 0.1) is 16.6 Å². The number of carbonyl (C=O) groups is 1. The van der Waals surface area contributed by atoms with E-state index in [2.05, 4.69) is 0 Å². The Kier molecular flexibility index (Phi) is 4.33. The van der Waals surface area contributed by atoms with E-state index < -0.39 is 4.92 Å². The molecule has 0 aliphatic heterocycles. The van der Waals surface area contributed by atoms with Crippen molar-refractivity contribution in [1.82, 2.24) is 0 Å². The zero-order valence-electron chi connectivity index (χ0n) is 11.8. The standard InChI is InChI=1S/C16H15NO4/c1-11(2)21-16-13(9-6-10-14(16)17(19)20)15(18)12-7-4-3-5-8-12/h3-11H,1-2H3. The summed E-state index contributed by atoms with van der Waals surface area (Å²) < 4.78 is 5.52. The van der Waals surface area contributed by atoms with Crippen molar-refractivity contribution in [1.29, 1.82) is 0 Å². The van der Waals surface area contributed by atoms with E-state index in [4.69, 9.17) is 4.74 Å². The summed E-state index contributed by atoms with van der Waals surface area (Å²) in [5.74, 6) is -0.277. The van der Waals surface area contributed by atoms with Gasteiger partial charge < -0.3 is 4.74 Å². The van der Waals surface area contributed by atoms with Crippen molar-refractivity contribution in [2.75, 3.05) is 0 Å². The molecule has 0 radical (unpaired) electrons. The third kappa shape index (κ3) is 3.25. The molecule has 108 valence electrons. The van der Waals surface area contributed by atoms with Gasteiger partial charge in [-0.3, -0.25) is 14.9 Å². The first kappa shape index (κ1) is 14.7. The highest BCUT2D eigenvalue weighted by Crippen LogP contribution is 2.33. The van der Waals surface area contributed by atoms with Gasteiger partial charge in [0.2, 0.25) is 5.75 Å². The zero-order valence-corrected chi connectivity index (χ0v) is 11.8. The Morgan fingerprint density at radius 2 is 1.76 bits per heavy atom. The van der Waals surface area contributed by atoms with Crippen LogP contribution in [-0.4, -0.2) is 16.8 Å². The molecule has 0 atom stereocenters. The number of para-hydroxylation sites is 1. The zero-order chi connectivity index (χ0) is 15.4. The maximum Gasteiger partial charge on any atom is 0.311 e. The predicted octanol–water partition coefficient (Wildman–Crippen LogP) is 3.61. The van der Waals surface area contributed by atoms with E-state index in [9.17, 15) is 14.9 Å². The van der Waals surface area contributed by atoms with Crippen LogP contribution in [0.3, 0.4) is 0 Å². The highest BCUT2D eigenvalue weighted by atomic mass is 16.6. The normalized spacial score (nSPS) is 10.4. The van der Waals surface area contributed by atoms with Crippen LogP contribution in [-0.2, 0) is 0 Å². The lowest BCUT2D eigenvalue weighted by Gasteiger charge is -2.13. The second-order valence-electron chi connectivity index (χ2n) is 4.77. The third-order valence-corrected chi connectivity index (χ3v) is 2.83. The summed E-state index contributed by atoms with van der Waals surface area (Å²) in [6, 6.07) is 13.0. The molecule has 2 aromatic carbocycles. The number of nitro groups is 1. The lowest BCUT2D eigenvalue weighted by molar-refractivity contribution is -0.386. The summed E-state index contributed by atoms with van der Waals surface area (Å²) in [6.07, 6.45) is -0.270. The molecule has 2 rings (SSSR count). The number of nitro benzene ring substituents is 1. The fourth-order valence-corrected chi connectivity index (χ4v) is 1.95. The molecule has 5 heteroatoms. The molecule has 0 spiro atoms. The maximum absolute atomic E-state index is 12.5. The average molecular weight is 285 g/mol. The molecular weight excluding hydrogens is 270 g/mol. The summed E-state index contributed by atoms with van der Waals surface area (Å²) in [5, 5.41) is 11.1. The molecule has 0 N–H and O–H groups in total. The maximum atomic E-state index is 12.5. The Hall–Kier alpha value is -2.69. The molecule has 0 aromatic heterocycles. The fraction of sp³-hybridized carbons (Fsp3) is 0.188. The van der Waals surface area contributed by atoms with E-state index >= 15 is 0 Å². The Labute approximate surface area is 122 Å². The van der Waals surface area contributed by atoms with Gasteiger partial charge >= 0.3 is 5.69 Å². The molecule has 0 aliphatic carbocycles. The highest BCUT2D eigenvalue weighted by Gasteiger charge is 2.24. The van der Waals surface area contributed by atoms with Gasteiger partial charge in [-0.15, -0.1) is 0 Å². The van der Waals surface area contributed by atoms with Crippen molar-refractivity contribution in [2.45, 2.75) is 20.0 Å². The molecule has 2 aromatic rings. The second kappa shape index (κ2) is 6.17. The van der Waals surface area contributed by atoms with E-state index in [0.717, 1.165) is 0 Å². The molecule has 5 nitrogen and oxygen atoms in total. The van der Waals surface area contributed by atoms with Crippen molar-refractivity contribution in [2.24, 2.45) is 0 Å². The Balaban J connectivity index is 2.55. The van der Waals surface area contributed by atoms with Gasteiger partial charge in [-0.1, -0.05) is 36.4 Å². The van der Waals surface area contributed by atoms with Crippen molar-refractivity contribution in [3.8, 4) is 5.75 Å². The van der Waals surface area contributed by atoms with Crippen molar-refractivity contribution < 1.29 is 14.5 Å². The van der Waals surface area contributed by atoms with E-state index in [1.54, 1.807) is 50.2 Å². The Morgan fingerprint density at radius 3 is 2.33 bits per heavy atom. The average Bonchev–Trinajstić information content (AvgIpc) is 2.47. The predicted molar refractivity (Wildman–Crippen MR) is 78.7 cm³/mol. The highest BCUT2D eigenvalue weighted by molar-refractivity contribution is 6.11. The lowest BCUT2D eigenvalue weighted by atomic mass is 10.0. The smallest absolute Gasteiger partial charge is 0.311 e. The molecule has 0 saturated carbocycles. The van der Waals surface area contributed by atoms with Crippen LogP contribution in [0.25, 0.3) is 0 Å². The van der Waals surface area contributed by atoms with Crippen LogP contribution in [0.5, 0.6) is 5.75 Å². The topological polar surface area (TPSA) is 69.4 Å². The molecule has 0 unspecified atom stereocenters. The van der Waals surface area contributed by atoms with Crippen molar-refractivity contribution >= 4 is 11.5 Å². The van der Waals surface area contributed by atoms with E-state index in [1.165, 1.54) is 12.1 Å². The number of benzene rings is 2. The van der Waals surface area contributed by atoms with E-state index in [-0.39, 0.29) is 28.9 Å². The Morgan fingerprint density at radius 1 is 1.10 bits per heavy atom. The number of carbonyl (C=O) groups excluding carboxylic acids is 1. The molecular formula is C16H15NO4. The number of ether oxygens (including phenoxy) is 1. The van der Waals surface area contributed by atoms with Gasteiger partial charge in [0.1, 0.15) is 0 Å². The van der Waals surface area contributed by atoms with Crippen LogP contribution in [0.1, 0.15) is 29.8 Å².